The minimum atomic E-state index is -1.13. The third-order valence-electron chi connectivity index (χ3n) is 2.70. The number of hydrogen-bond donors (Lipinski definition) is 2. The lowest BCUT2D eigenvalue weighted by Crippen LogP contribution is -1.96. The fraction of sp³-hybridized carbons (Fsp3) is 0.167. The van der Waals surface area contributed by atoms with E-state index in [1.807, 2.05) is 0 Å². The Morgan fingerprint density at radius 3 is 2.74 bits per heavy atom. The Morgan fingerprint density at radius 2 is 2.21 bits per heavy atom. The van der Waals surface area contributed by atoms with Gasteiger partial charge in [0.2, 0.25) is 0 Å². The standard InChI is InChI=1S/C12H10BrFN2O3/c1-5-7(14)3-6(13)11(19-2)10(5)8-4-9(12(17)18)16-15-8/h3-4H,1-2H3,(H,15,16)(H,17,18). The number of nitrogens with zero attached hydrogens (tertiary/aromatic N) is 1. The number of H-pyrrole nitrogens is 1. The number of benzene rings is 1. The molecule has 0 spiro atoms. The molecular formula is C12H10BrFN2O3. The van der Waals surface area contributed by atoms with Gasteiger partial charge in [-0.1, -0.05) is 0 Å². The van der Waals surface area contributed by atoms with Gasteiger partial charge in [0.1, 0.15) is 17.3 Å². The minimum absolute atomic E-state index is 0.0724. The molecule has 0 aliphatic heterocycles. The summed E-state index contributed by atoms with van der Waals surface area (Å²) >= 11 is 3.21. The van der Waals surface area contributed by atoms with E-state index in [1.54, 1.807) is 6.92 Å². The largest absolute Gasteiger partial charge is 0.495 e. The number of carboxylic acids is 1. The molecule has 2 aromatic rings. The van der Waals surface area contributed by atoms with Gasteiger partial charge in [-0.2, -0.15) is 5.10 Å². The van der Waals surface area contributed by atoms with E-state index in [1.165, 1.54) is 19.2 Å². The molecule has 2 rings (SSSR count). The number of carbonyl (C=O) groups is 1. The second kappa shape index (κ2) is 5.00. The molecule has 100 valence electrons. The zero-order valence-electron chi connectivity index (χ0n) is 10.1. The van der Waals surface area contributed by atoms with E-state index in [-0.39, 0.29) is 5.69 Å². The van der Waals surface area contributed by atoms with Crippen molar-refractivity contribution in [1.29, 1.82) is 0 Å². The normalized spacial score (nSPS) is 10.5. The number of methoxy groups -OCH3 is 1. The molecule has 1 heterocycles. The molecule has 1 aromatic carbocycles. The highest BCUT2D eigenvalue weighted by Crippen LogP contribution is 2.39. The molecule has 2 N–H and O–H groups in total. The number of rotatable bonds is 3. The Kier molecular flexibility index (Phi) is 3.57. The number of aromatic carboxylic acids is 1. The lowest BCUT2D eigenvalue weighted by molar-refractivity contribution is 0.0690. The van der Waals surface area contributed by atoms with Crippen LogP contribution >= 0.6 is 15.9 Å². The van der Waals surface area contributed by atoms with Crippen LogP contribution in [0.15, 0.2) is 16.6 Å². The van der Waals surface area contributed by atoms with Crippen LogP contribution in [0.2, 0.25) is 0 Å². The van der Waals surface area contributed by atoms with Crippen molar-refractivity contribution in [1.82, 2.24) is 10.2 Å². The van der Waals surface area contributed by atoms with Gasteiger partial charge in [0.25, 0.3) is 0 Å². The summed E-state index contributed by atoms with van der Waals surface area (Å²) in [6.45, 7) is 1.58. The van der Waals surface area contributed by atoms with Crippen LogP contribution < -0.4 is 4.74 Å². The van der Waals surface area contributed by atoms with Crippen molar-refractivity contribution in [2.45, 2.75) is 6.92 Å². The Bertz CT molecular complexity index is 655. The highest BCUT2D eigenvalue weighted by Gasteiger charge is 2.20. The Balaban J connectivity index is 2.69. The molecule has 1 aromatic heterocycles. The molecule has 0 fully saturated rings. The summed E-state index contributed by atoms with van der Waals surface area (Å²) in [5.74, 6) is -1.16. The van der Waals surface area contributed by atoms with Crippen molar-refractivity contribution in [2.75, 3.05) is 7.11 Å². The van der Waals surface area contributed by atoms with Crippen LogP contribution in [-0.4, -0.2) is 28.4 Å². The van der Waals surface area contributed by atoms with E-state index in [4.69, 9.17) is 9.84 Å². The Morgan fingerprint density at radius 1 is 1.53 bits per heavy atom. The summed E-state index contributed by atoms with van der Waals surface area (Å²) in [6.07, 6.45) is 0. The van der Waals surface area contributed by atoms with Crippen molar-refractivity contribution < 1.29 is 19.0 Å². The topological polar surface area (TPSA) is 75.2 Å². The van der Waals surface area contributed by atoms with Crippen molar-refractivity contribution in [3.8, 4) is 17.0 Å². The number of hydrogen-bond acceptors (Lipinski definition) is 3. The number of aromatic nitrogens is 2. The number of nitrogens with one attached hydrogen (secondary N) is 1. The van der Waals surface area contributed by atoms with E-state index in [0.29, 0.717) is 27.0 Å². The van der Waals surface area contributed by atoms with Crippen molar-refractivity contribution in [2.24, 2.45) is 0 Å². The second-order valence-electron chi connectivity index (χ2n) is 3.85. The number of halogens is 2. The maximum absolute atomic E-state index is 13.8. The molecular weight excluding hydrogens is 319 g/mol. The molecule has 0 saturated carbocycles. The van der Waals surface area contributed by atoms with Gasteiger partial charge in [-0.15, -0.1) is 0 Å². The monoisotopic (exact) mass is 328 g/mol. The lowest BCUT2D eigenvalue weighted by Gasteiger charge is -2.12. The third kappa shape index (κ3) is 2.33. The van der Waals surface area contributed by atoms with Gasteiger partial charge < -0.3 is 9.84 Å². The highest BCUT2D eigenvalue weighted by atomic mass is 79.9. The van der Waals surface area contributed by atoms with Crippen LogP contribution in [-0.2, 0) is 0 Å². The Hall–Kier alpha value is -1.89. The third-order valence-corrected chi connectivity index (χ3v) is 3.29. The smallest absolute Gasteiger partial charge is 0.353 e. The highest BCUT2D eigenvalue weighted by molar-refractivity contribution is 9.10. The van der Waals surface area contributed by atoms with Crippen LogP contribution in [0.5, 0.6) is 5.75 Å². The zero-order valence-corrected chi connectivity index (χ0v) is 11.7. The van der Waals surface area contributed by atoms with E-state index < -0.39 is 11.8 Å². The van der Waals surface area contributed by atoms with E-state index in [0.717, 1.165) is 0 Å². The van der Waals surface area contributed by atoms with Crippen LogP contribution in [0.3, 0.4) is 0 Å². The van der Waals surface area contributed by atoms with Gasteiger partial charge in [-0.25, -0.2) is 9.18 Å². The van der Waals surface area contributed by atoms with Crippen LogP contribution in [0, 0.1) is 12.7 Å². The first-order chi connectivity index (χ1) is 8.95. The predicted molar refractivity (Wildman–Crippen MR) is 69.9 cm³/mol. The molecule has 5 nitrogen and oxygen atoms in total. The number of carboxylic acid groups (broad SMARTS) is 1. The van der Waals surface area contributed by atoms with Crippen molar-refractivity contribution in [3.05, 3.63) is 33.7 Å². The molecule has 19 heavy (non-hydrogen) atoms. The number of ether oxygens (including phenoxy) is 1. The van der Waals surface area contributed by atoms with Crippen molar-refractivity contribution in [3.63, 3.8) is 0 Å². The van der Waals surface area contributed by atoms with Crippen LogP contribution in [0.1, 0.15) is 16.1 Å². The fourth-order valence-corrected chi connectivity index (χ4v) is 2.32. The van der Waals surface area contributed by atoms with E-state index in [9.17, 15) is 9.18 Å². The zero-order chi connectivity index (χ0) is 14.2. The molecule has 0 amide bonds. The summed E-state index contributed by atoms with van der Waals surface area (Å²) in [4.78, 5) is 10.8. The average Bonchev–Trinajstić information content (AvgIpc) is 2.82. The fourth-order valence-electron chi connectivity index (χ4n) is 1.76. The first kappa shape index (κ1) is 13.5. The summed E-state index contributed by atoms with van der Waals surface area (Å²) in [5, 5.41) is 15.1. The minimum Gasteiger partial charge on any atom is -0.495 e. The molecule has 0 radical (unpaired) electrons. The molecule has 0 saturated heterocycles. The quantitative estimate of drug-likeness (QED) is 0.908. The second-order valence-corrected chi connectivity index (χ2v) is 4.70. The number of aromatic amines is 1. The first-order valence-corrected chi connectivity index (χ1v) is 6.06. The summed E-state index contributed by atoms with van der Waals surface area (Å²) in [7, 11) is 1.45. The van der Waals surface area contributed by atoms with Gasteiger partial charge in [0.15, 0.2) is 0 Å². The van der Waals surface area contributed by atoms with Gasteiger partial charge in [0.05, 0.1) is 22.8 Å². The summed E-state index contributed by atoms with van der Waals surface area (Å²) < 4.78 is 19.4. The van der Waals surface area contributed by atoms with Crippen molar-refractivity contribution >= 4 is 21.9 Å². The maximum Gasteiger partial charge on any atom is 0.353 e. The van der Waals surface area contributed by atoms with Gasteiger partial charge >= 0.3 is 5.97 Å². The molecule has 7 heteroatoms. The predicted octanol–water partition coefficient (Wildman–Crippen LogP) is 2.99. The van der Waals surface area contributed by atoms with Gasteiger partial charge in [0, 0.05) is 0 Å². The van der Waals surface area contributed by atoms with Crippen LogP contribution in [0.4, 0.5) is 4.39 Å². The lowest BCUT2D eigenvalue weighted by atomic mass is 10.0. The average molecular weight is 329 g/mol. The first-order valence-electron chi connectivity index (χ1n) is 5.27. The summed E-state index contributed by atoms with van der Waals surface area (Å²) in [5.41, 5.74) is 0.991. The van der Waals surface area contributed by atoms with E-state index in [2.05, 4.69) is 26.1 Å². The SMILES string of the molecule is COc1c(Br)cc(F)c(C)c1-c1cc(C(=O)O)[nH]n1. The van der Waals surface area contributed by atoms with Crippen LogP contribution in [0.25, 0.3) is 11.3 Å². The summed E-state index contributed by atoms with van der Waals surface area (Å²) in [6, 6.07) is 2.63. The van der Waals surface area contributed by atoms with Gasteiger partial charge in [-0.05, 0) is 40.5 Å². The van der Waals surface area contributed by atoms with E-state index >= 15 is 0 Å². The molecule has 0 atom stereocenters. The molecule has 0 aliphatic carbocycles. The molecule has 0 bridgehead atoms. The molecule has 0 aliphatic rings. The Labute approximate surface area is 116 Å². The molecule has 0 unspecified atom stereocenters. The maximum atomic E-state index is 13.8. The van der Waals surface area contributed by atoms with Gasteiger partial charge in [-0.3, -0.25) is 5.10 Å².